The molecule has 0 saturated carbocycles. The van der Waals surface area contributed by atoms with E-state index < -0.39 is 10.0 Å². The molecule has 0 fully saturated rings. The second kappa shape index (κ2) is 9.45. The fourth-order valence-electron chi connectivity index (χ4n) is 2.95. The summed E-state index contributed by atoms with van der Waals surface area (Å²) in [5, 5.41) is 2.91. The van der Waals surface area contributed by atoms with Crippen molar-refractivity contribution < 1.29 is 17.9 Å². The van der Waals surface area contributed by atoms with Gasteiger partial charge in [0.2, 0.25) is 0 Å². The predicted molar refractivity (Wildman–Crippen MR) is 117 cm³/mol. The van der Waals surface area contributed by atoms with Gasteiger partial charge in [-0.15, -0.1) is 0 Å². The number of rotatable bonds is 8. The fourth-order valence-corrected chi connectivity index (χ4v) is 4.03. The zero-order valence-electron chi connectivity index (χ0n) is 16.8. The van der Waals surface area contributed by atoms with E-state index in [9.17, 15) is 13.2 Å². The van der Waals surface area contributed by atoms with Gasteiger partial charge in [-0.1, -0.05) is 42.5 Å². The number of para-hydroxylation sites is 1. The van der Waals surface area contributed by atoms with Gasteiger partial charge in [-0.25, -0.2) is 8.42 Å². The van der Waals surface area contributed by atoms with Crippen LogP contribution in [0.5, 0.6) is 5.75 Å². The van der Waals surface area contributed by atoms with Crippen LogP contribution in [0.2, 0.25) is 0 Å². The molecular weight excluding hydrogens is 400 g/mol. The minimum atomic E-state index is -3.87. The number of ether oxygens (including phenoxy) is 1. The number of nitrogens with one attached hydrogen (secondary N) is 2. The Morgan fingerprint density at radius 1 is 0.933 bits per heavy atom. The van der Waals surface area contributed by atoms with Crippen LogP contribution in [0.4, 0.5) is 5.69 Å². The first-order valence-electron chi connectivity index (χ1n) is 9.61. The zero-order chi connectivity index (χ0) is 21.6. The van der Waals surface area contributed by atoms with Gasteiger partial charge in [-0.05, 0) is 55.8 Å². The summed E-state index contributed by atoms with van der Waals surface area (Å²) in [6.07, 6.45) is 0. The lowest BCUT2D eigenvalue weighted by molar-refractivity contribution is 0.0941. The van der Waals surface area contributed by atoms with Crippen molar-refractivity contribution in [2.75, 3.05) is 11.3 Å². The molecule has 0 bridgehead atoms. The van der Waals surface area contributed by atoms with Gasteiger partial charge in [-0.2, -0.15) is 0 Å². The van der Waals surface area contributed by atoms with E-state index >= 15 is 0 Å². The summed E-state index contributed by atoms with van der Waals surface area (Å²) in [7, 11) is -3.87. The second-order valence-corrected chi connectivity index (χ2v) is 8.34. The van der Waals surface area contributed by atoms with Crippen molar-refractivity contribution in [2.45, 2.75) is 24.8 Å². The molecule has 0 aliphatic heterocycles. The first kappa shape index (κ1) is 21.4. The van der Waals surface area contributed by atoms with Crippen molar-refractivity contribution in [1.82, 2.24) is 5.32 Å². The molecule has 1 amide bonds. The highest BCUT2D eigenvalue weighted by Gasteiger charge is 2.20. The number of hydrogen-bond donors (Lipinski definition) is 2. The number of sulfonamides is 1. The molecule has 3 aromatic rings. The van der Waals surface area contributed by atoms with Crippen molar-refractivity contribution in [3.63, 3.8) is 0 Å². The lowest BCUT2D eigenvalue weighted by Gasteiger charge is -2.17. The monoisotopic (exact) mass is 424 g/mol. The number of benzene rings is 3. The molecule has 3 aromatic carbocycles. The van der Waals surface area contributed by atoms with Crippen LogP contribution >= 0.6 is 0 Å². The van der Waals surface area contributed by atoms with Gasteiger partial charge in [0.05, 0.1) is 28.8 Å². The Bertz CT molecular complexity index is 1100. The SMILES string of the molecule is CCOc1ccc(S(=O)(=O)Nc2ccccc2C(=O)N[C@H](C)c2ccccc2)cc1. The predicted octanol–water partition coefficient (Wildman–Crippen LogP) is 4.38. The molecule has 0 saturated heterocycles. The minimum Gasteiger partial charge on any atom is -0.494 e. The van der Waals surface area contributed by atoms with E-state index in [2.05, 4.69) is 10.0 Å². The molecule has 0 spiro atoms. The van der Waals surface area contributed by atoms with E-state index in [4.69, 9.17) is 4.74 Å². The van der Waals surface area contributed by atoms with Crippen LogP contribution in [0.15, 0.2) is 83.8 Å². The van der Waals surface area contributed by atoms with Crippen molar-refractivity contribution in [2.24, 2.45) is 0 Å². The Balaban J connectivity index is 1.79. The molecule has 6 nitrogen and oxygen atoms in total. The molecule has 2 N–H and O–H groups in total. The molecule has 0 aromatic heterocycles. The van der Waals surface area contributed by atoms with Gasteiger partial charge < -0.3 is 10.1 Å². The van der Waals surface area contributed by atoms with Gasteiger partial charge in [0.1, 0.15) is 5.75 Å². The highest BCUT2D eigenvalue weighted by molar-refractivity contribution is 7.92. The summed E-state index contributed by atoms with van der Waals surface area (Å²) in [5.74, 6) is 0.225. The molecule has 156 valence electrons. The summed E-state index contributed by atoms with van der Waals surface area (Å²) in [6.45, 7) is 4.22. The summed E-state index contributed by atoms with van der Waals surface area (Å²) >= 11 is 0. The van der Waals surface area contributed by atoms with Crippen LogP contribution in [0, 0.1) is 0 Å². The molecular formula is C23H24N2O4S. The van der Waals surface area contributed by atoms with Gasteiger partial charge in [0, 0.05) is 0 Å². The molecule has 3 rings (SSSR count). The fraction of sp³-hybridized carbons (Fsp3) is 0.174. The first-order valence-corrected chi connectivity index (χ1v) is 11.1. The summed E-state index contributed by atoms with van der Waals surface area (Å²) in [6, 6.07) is 22.0. The molecule has 0 radical (unpaired) electrons. The highest BCUT2D eigenvalue weighted by Crippen LogP contribution is 2.23. The normalized spacial score (nSPS) is 12.1. The molecule has 7 heteroatoms. The van der Waals surface area contributed by atoms with E-state index in [1.54, 1.807) is 36.4 Å². The standard InChI is InChI=1S/C23H24N2O4S/c1-3-29-19-13-15-20(16-14-19)30(27,28)25-22-12-8-7-11-21(22)23(26)24-17(2)18-9-5-4-6-10-18/h4-17,25H,3H2,1-2H3,(H,24,26)/t17-/m1/s1. The third-order valence-electron chi connectivity index (χ3n) is 4.51. The largest absolute Gasteiger partial charge is 0.494 e. The van der Waals surface area contributed by atoms with E-state index in [1.165, 1.54) is 12.1 Å². The Hall–Kier alpha value is -3.32. The number of anilines is 1. The van der Waals surface area contributed by atoms with Crippen molar-refractivity contribution in [1.29, 1.82) is 0 Å². The molecule has 30 heavy (non-hydrogen) atoms. The average molecular weight is 425 g/mol. The Morgan fingerprint density at radius 3 is 2.23 bits per heavy atom. The molecule has 1 atom stereocenters. The van der Waals surface area contributed by atoms with Crippen molar-refractivity contribution >= 4 is 21.6 Å². The maximum Gasteiger partial charge on any atom is 0.261 e. The average Bonchev–Trinajstić information content (AvgIpc) is 2.75. The number of hydrogen-bond acceptors (Lipinski definition) is 4. The lowest BCUT2D eigenvalue weighted by atomic mass is 10.1. The topological polar surface area (TPSA) is 84.5 Å². The summed E-state index contributed by atoms with van der Waals surface area (Å²) < 4.78 is 33.5. The van der Waals surface area contributed by atoms with Crippen LogP contribution in [-0.2, 0) is 10.0 Å². The molecule has 0 aliphatic rings. The van der Waals surface area contributed by atoms with Crippen LogP contribution in [0.3, 0.4) is 0 Å². The maximum absolute atomic E-state index is 12.8. The van der Waals surface area contributed by atoms with Crippen molar-refractivity contribution in [3.05, 3.63) is 90.0 Å². The number of carbonyl (C=O) groups excluding carboxylic acids is 1. The third kappa shape index (κ3) is 5.18. The van der Waals surface area contributed by atoms with E-state index in [0.717, 1.165) is 5.56 Å². The van der Waals surface area contributed by atoms with Crippen LogP contribution in [0.25, 0.3) is 0 Å². The minimum absolute atomic E-state index is 0.0822. The molecule has 0 unspecified atom stereocenters. The molecule has 0 aliphatic carbocycles. The number of carbonyl (C=O) groups is 1. The number of amides is 1. The lowest BCUT2D eigenvalue weighted by Crippen LogP contribution is -2.28. The van der Waals surface area contributed by atoms with Gasteiger partial charge in [0.15, 0.2) is 0 Å². The quantitative estimate of drug-likeness (QED) is 0.562. The van der Waals surface area contributed by atoms with Gasteiger partial charge >= 0.3 is 0 Å². The maximum atomic E-state index is 12.8. The Labute approximate surface area is 177 Å². The second-order valence-electron chi connectivity index (χ2n) is 6.66. The third-order valence-corrected chi connectivity index (χ3v) is 5.89. The van der Waals surface area contributed by atoms with E-state index in [-0.39, 0.29) is 28.1 Å². The van der Waals surface area contributed by atoms with Crippen LogP contribution < -0.4 is 14.8 Å². The van der Waals surface area contributed by atoms with Crippen LogP contribution in [0.1, 0.15) is 35.8 Å². The zero-order valence-corrected chi connectivity index (χ0v) is 17.6. The highest BCUT2D eigenvalue weighted by atomic mass is 32.2. The van der Waals surface area contributed by atoms with Crippen LogP contribution in [-0.4, -0.2) is 20.9 Å². The van der Waals surface area contributed by atoms with Gasteiger partial charge in [-0.3, -0.25) is 9.52 Å². The van der Waals surface area contributed by atoms with Gasteiger partial charge in [0.25, 0.3) is 15.9 Å². The van der Waals surface area contributed by atoms with Crippen molar-refractivity contribution in [3.8, 4) is 5.75 Å². The Morgan fingerprint density at radius 2 is 1.57 bits per heavy atom. The molecule has 0 heterocycles. The Kier molecular flexibility index (Phi) is 6.74. The first-order chi connectivity index (χ1) is 14.4. The summed E-state index contributed by atoms with van der Waals surface area (Å²) in [4.78, 5) is 12.9. The van der Waals surface area contributed by atoms with E-state index in [0.29, 0.717) is 12.4 Å². The summed E-state index contributed by atoms with van der Waals surface area (Å²) in [5.41, 5.74) is 1.41. The smallest absolute Gasteiger partial charge is 0.261 e. The van der Waals surface area contributed by atoms with E-state index in [1.807, 2.05) is 44.2 Å².